The van der Waals surface area contributed by atoms with Crippen molar-refractivity contribution in [2.45, 2.75) is 20.0 Å². The Morgan fingerprint density at radius 3 is 2.35 bits per heavy atom. The van der Waals surface area contributed by atoms with Crippen molar-refractivity contribution in [2.24, 2.45) is 0 Å². The average molecular weight is 270 g/mol. The molecule has 0 saturated carbocycles. The Hall–Kier alpha value is -2.29. The Kier molecular flexibility index (Phi) is 5.18. The van der Waals surface area contributed by atoms with Gasteiger partial charge in [0.05, 0.1) is 12.2 Å². The van der Waals surface area contributed by atoms with Crippen molar-refractivity contribution in [3.8, 4) is 5.75 Å². The molecular formula is C17H18O3. The third-order valence-corrected chi connectivity index (χ3v) is 2.78. The molecule has 3 heteroatoms. The predicted molar refractivity (Wildman–Crippen MR) is 77.8 cm³/mol. The maximum atomic E-state index is 11.9. The van der Waals surface area contributed by atoms with Gasteiger partial charge in [0.25, 0.3) is 0 Å². The number of carbonyl (C=O) groups excluding carboxylic acids is 1. The van der Waals surface area contributed by atoms with Crippen LogP contribution in [0.5, 0.6) is 5.75 Å². The molecule has 0 bridgehead atoms. The maximum absolute atomic E-state index is 11.9. The van der Waals surface area contributed by atoms with Crippen molar-refractivity contribution in [1.82, 2.24) is 0 Å². The highest BCUT2D eigenvalue weighted by molar-refractivity contribution is 5.89. The predicted octanol–water partition coefficient (Wildman–Crippen LogP) is 3.83. The van der Waals surface area contributed by atoms with Gasteiger partial charge in [-0.25, -0.2) is 4.79 Å². The van der Waals surface area contributed by atoms with E-state index in [1.165, 1.54) is 0 Å². The Morgan fingerprint density at radius 2 is 1.70 bits per heavy atom. The lowest BCUT2D eigenvalue weighted by molar-refractivity contribution is 0.0472. The van der Waals surface area contributed by atoms with Gasteiger partial charge in [-0.3, -0.25) is 0 Å². The second kappa shape index (κ2) is 7.34. The van der Waals surface area contributed by atoms with Crippen LogP contribution in [0.4, 0.5) is 0 Å². The van der Waals surface area contributed by atoms with Crippen molar-refractivity contribution in [1.29, 1.82) is 0 Å². The number of rotatable bonds is 6. The average Bonchev–Trinajstić information content (AvgIpc) is 2.52. The van der Waals surface area contributed by atoms with Gasteiger partial charge < -0.3 is 9.47 Å². The molecule has 20 heavy (non-hydrogen) atoms. The molecule has 0 amide bonds. The summed E-state index contributed by atoms with van der Waals surface area (Å²) in [4.78, 5) is 11.9. The third-order valence-electron chi connectivity index (χ3n) is 2.78. The molecule has 0 aromatic heterocycles. The van der Waals surface area contributed by atoms with E-state index in [1.54, 1.807) is 24.3 Å². The van der Waals surface area contributed by atoms with Crippen LogP contribution in [0.2, 0.25) is 0 Å². The first-order chi connectivity index (χ1) is 9.79. The number of esters is 1. The van der Waals surface area contributed by atoms with Gasteiger partial charge in [-0.05, 0) is 36.2 Å². The molecule has 2 aromatic carbocycles. The highest BCUT2D eigenvalue weighted by Gasteiger charge is 2.07. The second-order valence-corrected chi connectivity index (χ2v) is 4.43. The Morgan fingerprint density at radius 1 is 1.00 bits per heavy atom. The molecular weight excluding hydrogens is 252 g/mol. The fraction of sp³-hybridized carbons (Fsp3) is 0.235. The fourth-order valence-corrected chi connectivity index (χ4v) is 1.71. The minimum absolute atomic E-state index is 0.285. The van der Waals surface area contributed by atoms with E-state index >= 15 is 0 Å². The standard InChI is InChI=1S/C17H18O3/c1-2-12-19-16-10-8-15(9-11-16)17(18)20-13-14-6-4-3-5-7-14/h3-11H,2,12-13H2,1H3. The van der Waals surface area contributed by atoms with E-state index in [4.69, 9.17) is 9.47 Å². The number of hydrogen-bond acceptors (Lipinski definition) is 3. The first kappa shape index (κ1) is 14.1. The van der Waals surface area contributed by atoms with Crippen LogP contribution in [0.1, 0.15) is 29.3 Å². The van der Waals surface area contributed by atoms with E-state index in [1.807, 2.05) is 30.3 Å². The number of hydrogen-bond donors (Lipinski definition) is 0. The first-order valence-electron chi connectivity index (χ1n) is 6.73. The van der Waals surface area contributed by atoms with Gasteiger partial charge in [-0.1, -0.05) is 37.3 Å². The van der Waals surface area contributed by atoms with Crippen LogP contribution in [-0.4, -0.2) is 12.6 Å². The molecule has 0 heterocycles. The summed E-state index contributed by atoms with van der Waals surface area (Å²) in [5, 5.41) is 0. The van der Waals surface area contributed by atoms with Crippen molar-refractivity contribution >= 4 is 5.97 Å². The fourth-order valence-electron chi connectivity index (χ4n) is 1.71. The van der Waals surface area contributed by atoms with E-state index < -0.39 is 0 Å². The summed E-state index contributed by atoms with van der Waals surface area (Å²) in [6.45, 7) is 3.01. The lowest BCUT2D eigenvalue weighted by atomic mass is 10.2. The molecule has 0 saturated heterocycles. The summed E-state index contributed by atoms with van der Waals surface area (Å²) in [5.41, 5.74) is 1.51. The lowest BCUT2D eigenvalue weighted by Crippen LogP contribution is -2.05. The zero-order chi connectivity index (χ0) is 14.2. The molecule has 0 radical (unpaired) electrons. The van der Waals surface area contributed by atoms with Gasteiger partial charge in [0.1, 0.15) is 12.4 Å². The molecule has 0 N–H and O–H groups in total. The summed E-state index contributed by atoms with van der Waals surface area (Å²) in [6, 6.07) is 16.6. The lowest BCUT2D eigenvalue weighted by Gasteiger charge is -2.07. The zero-order valence-electron chi connectivity index (χ0n) is 11.5. The van der Waals surface area contributed by atoms with Crippen LogP contribution >= 0.6 is 0 Å². The monoisotopic (exact) mass is 270 g/mol. The van der Waals surface area contributed by atoms with Crippen LogP contribution in [0.25, 0.3) is 0 Å². The van der Waals surface area contributed by atoms with Gasteiger partial charge in [0.2, 0.25) is 0 Å². The van der Waals surface area contributed by atoms with Crippen molar-refractivity contribution in [3.63, 3.8) is 0 Å². The molecule has 0 atom stereocenters. The molecule has 0 aliphatic rings. The summed E-state index contributed by atoms with van der Waals surface area (Å²) in [6.07, 6.45) is 0.959. The number of ether oxygens (including phenoxy) is 2. The quantitative estimate of drug-likeness (QED) is 0.748. The van der Waals surface area contributed by atoms with E-state index in [2.05, 4.69) is 6.92 Å². The number of benzene rings is 2. The van der Waals surface area contributed by atoms with Crippen molar-refractivity contribution in [3.05, 3.63) is 65.7 Å². The molecule has 2 rings (SSSR count). The normalized spacial score (nSPS) is 10.1. The Labute approximate surface area is 119 Å². The van der Waals surface area contributed by atoms with Crippen molar-refractivity contribution in [2.75, 3.05) is 6.61 Å². The maximum Gasteiger partial charge on any atom is 0.338 e. The minimum atomic E-state index is -0.323. The molecule has 0 fully saturated rings. The SMILES string of the molecule is CCCOc1ccc(C(=O)OCc2ccccc2)cc1. The highest BCUT2D eigenvalue weighted by Crippen LogP contribution is 2.14. The van der Waals surface area contributed by atoms with Crippen LogP contribution in [0.15, 0.2) is 54.6 Å². The molecule has 0 aliphatic heterocycles. The van der Waals surface area contributed by atoms with Crippen LogP contribution < -0.4 is 4.74 Å². The molecule has 2 aromatic rings. The highest BCUT2D eigenvalue weighted by atomic mass is 16.5. The van der Waals surface area contributed by atoms with Crippen molar-refractivity contribution < 1.29 is 14.3 Å². The minimum Gasteiger partial charge on any atom is -0.494 e. The first-order valence-corrected chi connectivity index (χ1v) is 6.73. The molecule has 104 valence electrons. The van der Waals surface area contributed by atoms with Crippen LogP contribution in [-0.2, 0) is 11.3 Å². The summed E-state index contributed by atoms with van der Waals surface area (Å²) in [5.74, 6) is 0.447. The summed E-state index contributed by atoms with van der Waals surface area (Å²) >= 11 is 0. The summed E-state index contributed by atoms with van der Waals surface area (Å²) in [7, 11) is 0. The molecule has 0 unspecified atom stereocenters. The molecule has 3 nitrogen and oxygen atoms in total. The topological polar surface area (TPSA) is 35.5 Å². The Balaban J connectivity index is 1.89. The molecule has 0 spiro atoms. The Bertz CT molecular complexity index is 532. The van der Waals surface area contributed by atoms with E-state index in [-0.39, 0.29) is 12.6 Å². The van der Waals surface area contributed by atoms with Gasteiger partial charge in [-0.15, -0.1) is 0 Å². The summed E-state index contributed by atoms with van der Waals surface area (Å²) < 4.78 is 10.7. The van der Waals surface area contributed by atoms with E-state index in [9.17, 15) is 4.79 Å². The number of carbonyl (C=O) groups is 1. The second-order valence-electron chi connectivity index (χ2n) is 4.43. The van der Waals surface area contributed by atoms with Crippen LogP contribution in [0, 0.1) is 0 Å². The molecule has 0 aliphatic carbocycles. The van der Waals surface area contributed by atoms with Crippen LogP contribution in [0.3, 0.4) is 0 Å². The van der Waals surface area contributed by atoms with E-state index in [0.717, 1.165) is 17.7 Å². The largest absolute Gasteiger partial charge is 0.494 e. The van der Waals surface area contributed by atoms with Gasteiger partial charge >= 0.3 is 5.97 Å². The van der Waals surface area contributed by atoms with E-state index in [0.29, 0.717) is 12.2 Å². The van der Waals surface area contributed by atoms with Gasteiger partial charge in [-0.2, -0.15) is 0 Å². The van der Waals surface area contributed by atoms with Gasteiger partial charge in [0.15, 0.2) is 0 Å². The zero-order valence-corrected chi connectivity index (χ0v) is 11.5. The van der Waals surface area contributed by atoms with Gasteiger partial charge in [0, 0.05) is 0 Å². The third kappa shape index (κ3) is 4.12. The smallest absolute Gasteiger partial charge is 0.338 e.